The van der Waals surface area contributed by atoms with Crippen molar-refractivity contribution in [3.63, 3.8) is 0 Å². The van der Waals surface area contributed by atoms with Gasteiger partial charge >= 0.3 is 0 Å². The first-order chi connectivity index (χ1) is 9.58. The van der Waals surface area contributed by atoms with E-state index in [0.29, 0.717) is 24.5 Å². The number of ether oxygens (including phenoxy) is 1. The Morgan fingerprint density at radius 2 is 2.30 bits per heavy atom. The maximum Gasteiger partial charge on any atom is 0.279 e. The summed E-state index contributed by atoms with van der Waals surface area (Å²) in [5, 5.41) is 5.60. The van der Waals surface area contributed by atoms with Crippen LogP contribution in [0.4, 0.5) is 5.69 Å². The zero-order valence-corrected chi connectivity index (χ0v) is 11.8. The second-order valence-electron chi connectivity index (χ2n) is 4.96. The number of quaternary nitrogens is 1. The van der Waals surface area contributed by atoms with E-state index in [1.807, 2.05) is 25.1 Å². The molecule has 0 aromatic heterocycles. The molecule has 0 spiro atoms. The van der Waals surface area contributed by atoms with E-state index in [9.17, 15) is 9.59 Å². The zero-order chi connectivity index (χ0) is 14.5. The van der Waals surface area contributed by atoms with Gasteiger partial charge in [-0.1, -0.05) is 6.07 Å². The molecule has 2 rings (SSSR count). The van der Waals surface area contributed by atoms with Crippen LogP contribution in [-0.4, -0.2) is 45.1 Å². The quantitative estimate of drug-likeness (QED) is 0.658. The Balaban J connectivity index is 1.97. The van der Waals surface area contributed by atoms with Gasteiger partial charge in [0, 0.05) is 0 Å². The molecule has 1 saturated heterocycles. The maximum atomic E-state index is 12.0. The number of nitrogens with one attached hydrogen (secondary N) is 3. The number of aryl methyl sites for hydroxylation is 1. The standard InChI is InChI=1S/C14H19N3O3/c1-10-3-4-12(20-2)11(7-10)16-14(19)9-17-6-5-15-13(18)8-17/h3-4,7H,5-6,8-9H2,1-2H3,(H,15,18)(H,16,19)/p+1. The van der Waals surface area contributed by atoms with Gasteiger partial charge in [-0.2, -0.15) is 0 Å². The topological polar surface area (TPSA) is 71.9 Å². The second-order valence-corrected chi connectivity index (χ2v) is 4.96. The average molecular weight is 278 g/mol. The number of amides is 2. The number of benzene rings is 1. The van der Waals surface area contributed by atoms with Gasteiger partial charge < -0.3 is 20.3 Å². The summed E-state index contributed by atoms with van der Waals surface area (Å²) >= 11 is 0. The molecule has 1 aromatic rings. The van der Waals surface area contributed by atoms with E-state index in [4.69, 9.17) is 4.74 Å². The molecule has 1 unspecified atom stereocenters. The van der Waals surface area contributed by atoms with E-state index < -0.39 is 0 Å². The van der Waals surface area contributed by atoms with Gasteiger partial charge in [0.1, 0.15) is 5.75 Å². The number of methoxy groups -OCH3 is 1. The van der Waals surface area contributed by atoms with E-state index in [1.54, 1.807) is 7.11 Å². The molecule has 0 aliphatic carbocycles. The Kier molecular flexibility index (Phi) is 4.57. The Morgan fingerprint density at radius 3 is 3.00 bits per heavy atom. The van der Waals surface area contributed by atoms with Gasteiger partial charge in [0.15, 0.2) is 13.1 Å². The molecule has 6 heteroatoms. The number of hydrogen-bond donors (Lipinski definition) is 3. The fourth-order valence-corrected chi connectivity index (χ4v) is 2.25. The van der Waals surface area contributed by atoms with Crippen LogP contribution in [0.2, 0.25) is 0 Å². The van der Waals surface area contributed by atoms with Gasteiger partial charge in [-0.25, -0.2) is 0 Å². The van der Waals surface area contributed by atoms with Crippen molar-refractivity contribution in [2.75, 3.05) is 38.6 Å². The van der Waals surface area contributed by atoms with Gasteiger partial charge in [-0.15, -0.1) is 0 Å². The first kappa shape index (κ1) is 14.3. The van der Waals surface area contributed by atoms with Crippen LogP contribution < -0.4 is 20.3 Å². The molecule has 108 valence electrons. The number of piperazine rings is 1. The predicted octanol–water partition coefficient (Wildman–Crippen LogP) is -1.04. The van der Waals surface area contributed by atoms with Crippen LogP contribution in [0.3, 0.4) is 0 Å². The summed E-state index contributed by atoms with van der Waals surface area (Å²) in [6.45, 7) is 3.97. The predicted molar refractivity (Wildman–Crippen MR) is 74.9 cm³/mol. The summed E-state index contributed by atoms with van der Waals surface area (Å²) in [6.07, 6.45) is 0. The molecule has 0 bridgehead atoms. The molecular formula is C14H20N3O3+. The lowest BCUT2D eigenvalue weighted by atomic mass is 10.2. The van der Waals surface area contributed by atoms with Gasteiger partial charge in [-0.05, 0) is 24.6 Å². The monoisotopic (exact) mass is 278 g/mol. The van der Waals surface area contributed by atoms with Crippen molar-refractivity contribution in [3.8, 4) is 5.75 Å². The minimum atomic E-state index is -0.112. The lowest BCUT2D eigenvalue weighted by Gasteiger charge is -2.23. The van der Waals surface area contributed by atoms with Crippen molar-refractivity contribution in [1.29, 1.82) is 0 Å². The maximum absolute atomic E-state index is 12.0. The van der Waals surface area contributed by atoms with Gasteiger partial charge in [0.2, 0.25) is 0 Å². The largest absolute Gasteiger partial charge is 0.495 e. The molecule has 1 fully saturated rings. The highest BCUT2D eigenvalue weighted by molar-refractivity contribution is 5.93. The van der Waals surface area contributed by atoms with Crippen molar-refractivity contribution in [2.45, 2.75) is 6.92 Å². The van der Waals surface area contributed by atoms with E-state index in [2.05, 4.69) is 10.6 Å². The Bertz CT molecular complexity index is 516. The number of carbonyl (C=O) groups is 2. The van der Waals surface area contributed by atoms with E-state index in [1.165, 1.54) is 0 Å². The first-order valence-corrected chi connectivity index (χ1v) is 6.63. The summed E-state index contributed by atoms with van der Waals surface area (Å²) in [4.78, 5) is 24.3. The van der Waals surface area contributed by atoms with Crippen LogP contribution in [0, 0.1) is 6.92 Å². The number of hydrogen-bond acceptors (Lipinski definition) is 3. The molecule has 1 aromatic carbocycles. The summed E-state index contributed by atoms with van der Waals surface area (Å²) in [6, 6.07) is 5.62. The first-order valence-electron chi connectivity index (χ1n) is 6.63. The highest BCUT2D eigenvalue weighted by atomic mass is 16.5. The van der Waals surface area contributed by atoms with Gasteiger partial charge in [-0.3, -0.25) is 9.59 Å². The average Bonchev–Trinajstić information content (AvgIpc) is 2.38. The molecule has 2 amide bonds. The molecule has 1 heterocycles. The third kappa shape index (κ3) is 3.71. The van der Waals surface area contributed by atoms with Crippen molar-refractivity contribution in [2.24, 2.45) is 0 Å². The molecule has 0 radical (unpaired) electrons. The molecule has 1 aliphatic rings. The smallest absolute Gasteiger partial charge is 0.279 e. The second kappa shape index (κ2) is 6.38. The molecule has 3 N–H and O–H groups in total. The van der Waals surface area contributed by atoms with Crippen LogP contribution in [0.15, 0.2) is 18.2 Å². The molecule has 1 aliphatic heterocycles. The lowest BCUT2D eigenvalue weighted by molar-refractivity contribution is -0.885. The van der Waals surface area contributed by atoms with Crippen LogP contribution in [0.1, 0.15) is 5.56 Å². The lowest BCUT2D eigenvalue weighted by Crippen LogP contribution is -3.16. The van der Waals surface area contributed by atoms with Crippen LogP contribution in [0.25, 0.3) is 0 Å². The fourth-order valence-electron chi connectivity index (χ4n) is 2.25. The van der Waals surface area contributed by atoms with E-state index in [-0.39, 0.29) is 18.4 Å². The summed E-state index contributed by atoms with van der Waals surface area (Å²) in [5.41, 5.74) is 1.71. The van der Waals surface area contributed by atoms with Gasteiger partial charge in [0.25, 0.3) is 11.8 Å². The third-order valence-corrected chi connectivity index (χ3v) is 3.25. The summed E-state index contributed by atoms with van der Waals surface area (Å²) < 4.78 is 5.22. The van der Waals surface area contributed by atoms with Crippen molar-refractivity contribution in [1.82, 2.24) is 5.32 Å². The van der Waals surface area contributed by atoms with E-state index >= 15 is 0 Å². The van der Waals surface area contributed by atoms with E-state index in [0.717, 1.165) is 17.0 Å². The molecular weight excluding hydrogens is 258 g/mol. The van der Waals surface area contributed by atoms with Gasteiger partial charge in [0.05, 0.1) is 25.9 Å². The number of anilines is 1. The zero-order valence-electron chi connectivity index (χ0n) is 11.8. The Hall–Kier alpha value is -2.08. The summed E-state index contributed by atoms with van der Waals surface area (Å²) in [5.74, 6) is 0.515. The highest BCUT2D eigenvalue weighted by Crippen LogP contribution is 2.24. The summed E-state index contributed by atoms with van der Waals surface area (Å²) in [7, 11) is 1.57. The number of carbonyl (C=O) groups excluding carboxylic acids is 2. The molecule has 0 saturated carbocycles. The van der Waals surface area contributed by atoms with Crippen molar-refractivity contribution < 1.29 is 19.2 Å². The normalized spacial score (nSPS) is 18.3. The number of rotatable bonds is 4. The third-order valence-electron chi connectivity index (χ3n) is 3.25. The van der Waals surface area contributed by atoms with Crippen LogP contribution >= 0.6 is 0 Å². The van der Waals surface area contributed by atoms with Crippen LogP contribution in [-0.2, 0) is 9.59 Å². The highest BCUT2D eigenvalue weighted by Gasteiger charge is 2.22. The minimum Gasteiger partial charge on any atom is -0.495 e. The van der Waals surface area contributed by atoms with Crippen molar-refractivity contribution in [3.05, 3.63) is 23.8 Å². The molecule has 20 heavy (non-hydrogen) atoms. The Morgan fingerprint density at radius 1 is 1.50 bits per heavy atom. The van der Waals surface area contributed by atoms with Crippen LogP contribution in [0.5, 0.6) is 5.75 Å². The fraction of sp³-hybridized carbons (Fsp3) is 0.429. The molecule has 1 atom stereocenters. The SMILES string of the molecule is COc1ccc(C)cc1NC(=O)C[NH+]1CCNC(=O)C1. The van der Waals surface area contributed by atoms with Crippen molar-refractivity contribution >= 4 is 17.5 Å². The Labute approximate surface area is 118 Å². The minimum absolute atomic E-state index is 0.00724. The molecule has 6 nitrogen and oxygen atoms in total.